The number of fused-ring (bicyclic) bond motifs is 1. The lowest BCUT2D eigenvalue weighted by atomic mass is 10.1. The SMILES string of the molecule is Cc1ccc2c(c1)N(C(=O)CCC(=O)NCc1ccc(Cl)cc1)C[C@@H](C)O2. The smallest absolute Gasteiger partial charge is 0.227 e. The maximum absolute atomic E-state index is 12.7. The zero-order valence-electron chi connectivity index (χ0n) is 15.5. The van der Waals surface area contributed by atoms with E-state index in [9.17, 15) is 9.59 Å². The number of amides is 2. The first kappa shape index (κ1) is 19.2. The van der Waals surface area contributed by atoms with Crippen molar-refractivity contribution >= 4 is 29.1 Å². The number of benzene rings is 2. The van der Waals surface area contributed by atoms with Gasteiger partial charge in [0.2, 0.25) is 11.8 Å². The summed E-state index contributed by atoms with van der Waals surface area (Å²) in [6.07, 6.45) is 0.231. The molecule has 0 unspecified atom stereocenters. The van der Waals surface area contributed by atoms with Crippen LogP contribution in [0.1, 0.15) is 30.9 Å². The molecule has 5 nitrogen and oxygen atoms in total. The van der Waals surface area contributed by atoms with Crippen LogP contribution in [-0.4, -0.2) is 24.5 Å². The lowest BCUT2D eigenvalue weighted by Gasteiger charge is -2.33. The molecular weight excluding hydrogens is 364 g/mol. The molecule has 1 N–H and O–H groups in total. The molecule has 1 heterocycles. The van der Waals surface area contributed by atoms with Gasteiger partial charge in [-0.1, -0.05) is 29.8 Å². The number of anilines is 1. The van der Waals surface area contributed by atoms with Crippen LogP contribution in [0.15, 0.2) is 42.5 Å². The Bertz CT molecular complexity index is 836. The Kier molecular flexibility index (Phi) is 6.01. The zero-order valence-corrected chi connectivity index (χ0v) is 16.3. The highest BCUT2D eigenvalue weighted by Gasteiger charge is 2.27. The summed E-state index contributed by atoms with van der Waals surface area (Å²) in [5.41, 5.74) is 2.80. The van der Waals surface area contributed by atoms with Crippen LogP contribution in [0.2, 0.25) is 5.02 Å². The molecule has 0 radical (unpaired) electrons. The minimum absolute atomic E-state index is 0.0707. The quantitative estimate of drug-likeness (QED) is 0.848. The molecule has 0 saturated carbocycles. The average molecular weight is 387 g/mol. The van der Waals surface area contributed by atoms with Crippen molar-refractivity contribution < 1.29 is 14.3 Å². The first-order valence-corrected chi connectivity index (χ1v) is 9.39. The monoisotopic (exact) mass is 386 g/mol. The van der Waals surface area contributed by atoms with Gasteiger partial charge in [-0.2, -0.15) is 0 Å². The second kappa shape index (κ2) is 8.44. The number of carbonyl (C=O) groups excluding carboxylic acids is 2. The third-order valence-electron chi connectivity index (χ3n) is 4.44. The van der Waals surface area contributed by atoms with E-state index in [2.05, 4.69) is 5.32 Å². The Balaban J connectivity index is 1.55. The summed E-state index contributed by atoms with van der Waals surface area (Å²) in [4.78, 5) is 26.5. The Labute approximate surface area is 164 Å². The first-order valence-electron chi connectivity index (χ1n) is 9.01. The van der Waals surface area contributed by atoms with Gasteiger partial charge in [0.15, 0.2) is 0 Å². The topological polar surface area (TPSA) is 58.6 Å². The largest absolute Gasteiger partial charge is 0.487 e. The Morgan fingerprint density at radius 1 is 1.19 bits per heavy atom. The van der Waals surface area contributed by atoms with E-state index in [0.717, 1.165) is 16.8 Å². The molecule has 0 spiro atoms. The molecule has 0 bridgehead atoms. The molecule has 27 heavy (non-hydrogen) atoms. The van der Waals surface area contributed by atoms with E-state index in [0.29, 0.717) is 23.9 Å². The number of halogens is 1. The molecule has 6 heteroatoms. The lowest BCUT2D eigenvalue weighted by molar-refractivity contribution is -0.125. The van der Waals surface area contributed by atoms with Crippen LogP contribution in [0, 0.1) is 6.92 Å². The molecule has 3 rings (SSSR count). The fourth-order valence-corrected chi connectivity index (χ4v) is 3.16. The molecule has 0 aromatic heterocycles. The standard InChI is InChI=1S/C21H23ClN2O3/c1-14-3-8-19-18(11-14)24(13-15(2)27-19)21(26)10-9-20(25)23-12-16-4-6-17(22)7-5-16/h3-8,11,15H,9-10,12-13H2,1-2H3,(H,23,25)/t15-/m1/s1. The summed E-state index contributed by atoms with van der Waals surface area (Å²) in [7, 11) is 0. The van der Waals surface area contributed by atoms with Gasteiger partial charge in [-0.25, -0.2) is 0 Å². The summed E-state index contributed by atoms with van der Waals surface area (Å²) in [5, 5.41) is 3.49. The number of aryl methyl sites for hydroxylation is 1. The normalized spacial score (nSPS) is 15.7. The molecule has 1 aliphatic rings. The van der Waals surface area contributed by atoms with Crippen LogP contribution in [-0.2, 0) is 16.1 Å². The molecule has 0 aliphatic carbocycles. The second-order valence-electron chi connectivity index (χ2n) is 6.81. The van der Waals surface area contributed by atoms with Crippen LogP contribution in [0.3, 0.4) is 0 Å². The lowest BCUT2D eigenvalue weighted by Crippen LogP contribution is -2.42. The molecular formula is C21H23ClN2O3. The third kappa shape index (κ3) is 5.01. The Hall–Kier alpha value is -2.53. The maximum atomic E-state index is 12.7. The van der Waals surface area contributed by atoms with Gasteiger partial charge in [-0.3, -0.25) is 9.59 Å². The van der Waals surface area contributed by atoms with Crippen molar-refractivity contribution in [2.75, 3.05) is 11.4 Å². The molecule has 2 aromatic carbocycles. The van der Waals surface area contributed by atoms with E-state index in [1.54, 1.807) is 17.0 Å². The highest BCUT2D eigenvalue weighted by atomic mass is 35.5. The predicted octanol–water partition coefficient (Wildman–Crippen LogP) is 3.86. The van der Waals surface area contributed by atoms with Crippen LogP contribution < -0.4 is 15.0 Å². The van der Waals surface area contributed by atoms with Crippen LogP contribution >= 0.6 is 11.6 Å². The summed E-state index contributed by atoms with van der Waals surface area (Å²) in [6.45, 7) is 4.82. The van der Waals surface area contributed by atoms with Crippen LogP contribution in [0.5, 0.6) is 5.75 Å². The van der Waals surface area contributed by atoms with E-state index in [-0.39, 0.29) is 30.8 Å². The zero-order chi connectivity index (χ0) is 19.4. The van der Waals surface area contributed by atoms with Crippen molar-refractivity contribution in [2.45, 2.75) is 39.3 Å². The minimum Gasteiger partial charge on any atom is -0.487 e. The fourth-order valence-electron chi connectivity index (χ4n) is 3.03. The summed E-state index contributed by atoms with van der Waals surface area (Å²) in [6, 6.07) is 13.1. The third-order valence-corrected chi connectivity index (χ3v) is 4.69. The van der Waals surface area contributed by atoms with Gasteiger partial charge in [0.05, 0.1) is 12.2 Å². The number of rotatable bonds is 5. The van der Waals surface area contributed by atoms with Gasteiger partial charge in [-0.05, 0) is 49.2 Å². The molecule has 142 valence electrons. The van der Waals surface area contributed by atoms with Gasteiger partial charge in [-0.15, -0.1) is 0 Å². The highest BCUT2D eigenvalue weighted by molar-refractivity contribution is 6.30. The maximum Gasteiger partial charge on any atom is 0.227 e. The van der Waals surface area contributed by atoms with E-state index < -0.39 is 0 Å². The van der Waals surface area contributed by atoms with E-state index in [1.807, 2.05) is 44.2 Å². The summed E-state index contributed by atoms with van der Waals surface area (Å²) >= 11 is 5.85. The van der Waals surface area contributed by atoms with Crippen molar-refractivity contribution in [3.8, 4) is 5.75 Å². The number of hydrogen-bond acceptors (Lipinski definition) is 3. The number of ether oxygens (including phenoxy) is 1. The predicted molar refractivity (Wildman–Crippen MR) is 106 cm³/mol. The van der Waals surface area contributed by atoms with E-state index in [4.69, 9.17) is 16.3 Å². The van der Waals surface area contributed by atoms with Gasteiger partial charge >= 0.3 is 0 Å². The molecule has 2 aromatic rings. The number of hydrogen-bond donors (Lipinski definition) is 1. The van der Waals surface area contributed by atoms with Gasteiger partial charge in [0.1, 0.15) is 11.9 Å². The van der Waals surface area contributed by atoms with Crippen molar-refractivity contribution in [1.29, 1.82) is 0 Å². The molecule has 2 amide bonds. The number of carbonyl (C=O) groups is 2. The van der Waals surface area contributed by atoms with Gasteiger partial charge in [0, 0.05) is 24.4 Å². The van der Waals surface area contributed by atoms with Crippen molar-refractivity contribution in [3.05, 3.63) is 58.6 Å². The van der Waals surface area contributed by atoms with Crippen LogP contribution in [0.4, 0.5) is 5.69 Å². The average Bonchev–Trinajstić information content (AvgIpc) is 2.65. The Morgan fingerprint density at radius 3 is 2.67 bits per heavy atom. The van der Waals surface area contributed by atoms with E-state index in [1.165, 1.54) is 0 Å². The fraction of sp³-hybridized carbons (Fsp3) is 0.333. The van der Waals surface area contributed by atoms with Crippen molar-refractivity contribution in [1.82, 2.24) is 5.32 Å². The first-order chi connectivity index (χ1) is 12.9. The minimum atomic E-state index is -0.149. The summed E-state index contributed by atoms with van der Waals surface area (Å²) in [5.74, 6) is 0.489. The number of nitrogens with zero attached hydrogens (tertiary/aromatic N) is 1. The molecule has 1 aliphatic heterocycles. The number of nitrogens with one attached hydrogen (secondary N) is 1. The molecule has 1 atom stereocenters. The molecule has 0 saturated heterocycles. The summed E-state index contributed by atoms with van der Waals surface area (Å²) < 4.78 is 5.81. The van der Waals surface area contributed by atoms with E-state index >= 15 is 0 Å². The molecule has 0 fully saturated rings. The van der Waals surface area contributed by atoms with Crippen molar-refractivity contribution in [3.63, 3.8) is 0 Å². The highest BCUT2D eigenvalue weighted by Crippen LogP contribution is 2.34. The van der Waals surface area contributed by atoms with Gasteiger partial charge < -0.3 is 15.0 Å². The van der Waals surface area contributed by atoms with Crippen molar-refractivity contribution in [2.24, 2.45) is 0 Å². The van der Waals surface area contributed by atoms with Crippen LogP contribution in [0.25, 0.3) is 0 Å². The Morgan fingerprint density at radius 2 is 1.93 bits per heavy atom. The van der Waals surface area contributed by atoms with Gasteiger partial charge in [0.25, 0.3) is 0 Å². The second-order valence-corrected chi connectivity index (χ2v) is 7.24.